The van der Waals surface area contributed by atoms with Crippen LogP contribution in [-0.4, -0.2) is 40.6 Å². The Bertz CT molecular complexity index is 1320. The maximum Gasteiger partial charge on any atom is 0.330 e. The van der Waals surface area contributed by atoms with Gasteiger partial charge < -0.3 is 15.4 Å². The summed E-state index contributed by atoms with van der Waals surface area (Å²) in [6.07, 6.45) is 0.354. The highest BCUT2D eigenvalue weighted by Gasteiger charge is 2.26. The fraction of sp³-hybridized carbons (Fsp3) is 0.261. The lowest BCUT2D eigenvalue weighted by Crippen LogP contribution is -2.42. The SMILES string of the molecule is COCCCN(C(=O)c1ccc(C)c([N+](=O)[O-])c1)c1c(N)n(Cc2ccccc2)c(=O)[nH]c1=O. The zero-order valence-electron chi connectivity index (χ0n) is 18.8. The van der Waals surface area contributed by atoms with Gasteiger partial charge in [-0.2, -0.15) is 0 Å². The summed E-state index contributed by atoms with van der Waals surface area (Å²) in [4.78, 5) is 52.9. The molecule has 34 heavy (non-hydrogen) atoms. The standard InChI is InChI=1S/C23H25N5O6/c1-15-9-10-17(13-18(15)28(32)33)22(30)26(11-6-12-34-2)19-20(24)27(23(31)25-21(19)29)14-16-7-4-3-5-8-16/h3-5,7-10,13H,6,11-12,14,24H2,1-2H3,(H,25,29,31). The van der Waals surface area contributed by atoms with Crippen LogP contribution in [0.4, 0.5) is 17.2 Å². The van der Waals surface area contributed by atoms with Crippen LogP contribution < -0.4 is 21.9 Å². The van der Waals surface area contributed by atoms with E-state index in [0.29, 0.717) is 18.6 Å². The number of nitro groups is 1. The third kappa shape index (κ3) is 5.21. The van der Waals surface area contributed by atoms with E-state index in [2.05, 4.69) is 4.98 Å². The molecule has 0 fully saturated rings. The molecule has 2 aromatic carbocycles. The number of amides is 1. The third-order valence-electron chi connectivity index (χ3n) is 5.30. The molecule has 0 radical (unpaired) electrons. The lowest BCUT2D eigenvalue weighted by molar-refractivity contribution is -0.385. The zero-order chi connectivity index (χ0) is 24.8. The van der Waals surface area contributed by atoms with Crippen molar-refractivity contribution in [3.63, 3.8) is 0 Å². The van der Waals surface area contributed by atoms with Gasteiger partial charge in [0.2, 0.25) is 0 Å². The van der Waals surface area contributed by atoms with Gasteiger partial charge in [-0.25, -0.2) is 4.79 Å². The number of nitrogens with one attached hydrogen (secondary N) is 1. The molecule has 3 aromatic rings. The first-order valence-electron chi connectivity index (χ1n) is 10.5. The molecule has 0 aliphatic heterocycles. The molecular weight excluding hydrogens is 442 g/mol. The van der Waals surface area contributed by atoms with Crippen molar-refractivity contribution in [2.24, 2.45) is 0 Å². The smallest absolute Gasteiger partial charge is 0.330 e. The number of rotatable bonds is 9. The van der Waals surface area contributed by atoms with Crippen LogP contribution >= 0.6 is 0 Å². The topological polar surface area (TPSA) is 154 Å². The normalized spacial score (nSPS) is 10.8. The van der Waals surface area contributed by atoms with Crippen molar-refractivity contribution in [1.29, 1.82) is 0 Å². The summed E-state index contributed by atoms with van der Waals surface area (Å²) >= 11 is 0. The number of aromatic amines is 1. The Morgan fingerprint density at radius 3 is 2.56 bits per heavy atom. The molecule has 3 N–H and O–H groups in total. The molecule has 0 saturated heterocycles. The fourth-order valence-corrected chi connectivity index (χ4v) is 3.54. The molecule has 1 aromatic heterocycles. The van der Waals surface area contributed by atoms with Gasteiger partial charge in [0, 0.05) is 37.5 Å². The molecule has 0 saturated carbocycles. The molecule has 0 aliphatic rings. The van der Waals surface area contributed by atoms with E-state index >= 15 is 0 Å². The first kappa shape index (κ1) is 24.4. The van der Waals surface area contributed by atoms with Gasteiger partial charge in [-0.05, 0) is 25.0 Å². The lowest BCUT2D eigenvalue weighted by atomic mass is 10.1. The van der Waals surface area contributed by atoms with Crippen LogP contribution in [0.3, 0.4) is 0 Å². The van der Waals surface area contributed by atoms with Gasteiger partial charge in [-0.1, -0.05) is 36.4 Å². The van der Waals surface area contributed by atoms with E-state index in [1.165, 1.54) is 23.8 Å². The summed E-state index contributed by atoms with van der Waals surface area (Å²) < 4.78 is 6.23. The number of aryl methyl sites for hydroxylation is 1. The van der Waals surface area contributed by atoms with Gasteiger partial charge in [0.25, 0.3) is 17.2 Å². The molecule has 0 atom stereocenters. The second-order valence-corrected chi connectivity index (χ2v) is 7.63. The number of benzene rings is 2. The van der Waals surface area contributed by atoms with Gasteiger partial charge in [-0.3, -0.25) is 29.3 Å². The van der Waals surface area contributed by atoms with Crippen molar-refractivity contribution >= 4 is 23.1 Å². The first-order valence-corrected chi connectivity index (χ1v) is 10.5. The lowest BCUT2D eigenvalue weighted by Gasteiger charge is -2.24. The Balaban J connectivity index is 2.12. The van der Waals surface area contributed by atoms with E-state index in [4.69, 9.17) is 10.5 Å². The van der Waals surface area contributed by atoms with Gasteiger partial charge in [0.1, 0.15) is 5.82 Å². The Morgan fingerprint density at radius 1 is 1.21 bits per heavy atom. The summed E-state index contributed by atoms with van der Waals surface area (Å²) in [5, 5.41) is 11.4. The summed E-state index contributed by atoms with van der Waals surface area (Å²) in [6, 6.07) is 13.1. The number of nitrogens with two attached hydrogens (primary N) is 1. The number of methoxy groups -OCH3 is 1. The monoisotopic (exact) mass is 467 g/mol. The predicted molar refractivity (Wildman–Crippen MR) is 127 cm³/mol. The molecule has 178 valence electrons. The predicted octanol–water partition coefficient (Wildman–Crippen LogP) is 2.07. The van der Waals surface area contributed by atoms with Crippen molar-refractivity contribution < 1.29 is 14.5 Å². The van der Waals surface area contributed by atoms with Crippen LogP contribution in [0, 0.1) is 17.0 Å². The van der Waals surface area contributed by atoms with E-state index in [1.807, 2.05) is 6.07 Å². The van der Waals surface area contributed by atoms with Gasteiger partial charge in [0.05, 0.1) is 11.5 Å². The minimum Gasteiger partial charge on any atom is -0.385 e. The first-order chi connectivity index (χ1) is 16.2. The minimum absolute atomic E-state index is 0.00864. The molecular formula is C23H25N5O6. The van der Waals surface area contributed by atoms with Gasteiger partial charge >= 0.3 is 5.69 Å². The zero-order valence-corrected chi connectivity index (χ0v) is 18.8. The number of nitro benzene ring substituents is 1. The van der Waals surface area contributed by atoms with E-state index in [1.54, 1.807) is 31.2 Å². The van der Waals surface area contributed by atoms with Crippen molar-refractivity contribution in [2.45, 2.75) is 19.9 Å². The summed E-state index contributed by atoms with van der Waals surface area (Å²) in [5.74, 6) is -0.855. The molecule has 0 aliphatic carbocycles. The number of aromatic nitrogens is 2. The average Bonchev–Trinajstić information content (AvgIpc) is 2.81. The van der Waals surface area contributed by atoms with Gasteiger partial charge in [0.15, 0.2) is 5.69 Å². The summed E-state index contributed by atoms with van der Waals surface area (Å²) in [6.45, 7) is 1.96. The average molecular weight is 467 g/mol. The molecule has 1 amide bonds. The molecule has 1 heterocycles. The molecule has 0 spiro atoms. The second kappa shape index (κ2) is 10.6. The van der Waals surface area contributed by atoms with E-state index in [9.17, 15) is 24.5 Å². The largest absolute Gasteiger partial charge is 0.385 e. The quantitative estimate of drug-likeness (QED) is 0.277. The summed E-state index contributed by atoms with van der Waals surface area (Å²) in [5.41, 5.74) is 5.45. The number of ether oxygens (including phenoxy) is 1. The molecule has 11 nitrogen and oxygen atoms in total. The molecule has 3 rings (SSSR count). The number of anilines is 2. The molecule has 11 heteroatoms. The van der Waals surface area contributed by atoms with Gasteiger partial charge in [-0.15, -0.1) is 0 Å². The van der Waals surface area contributed by atoms with Crippen LogP contribution in [0.25, 0.3) is 0 Å². The van der Waals surface area contributed by atoms with E-state index < -0.39 is 22.1 Å². The number of H-pyrrole nitrogens is 1. The van der Waals surface area contributed by atoms with Crippen molar-refractivity contribution in [2.75, 3.05) is 30.9 Å². The highest BCUT2D eigenvalue weighted by molar-refractivity contribution is 6.07. The number of hydrogen-bond acceptors (Lipinski definition) is 7. The fourth-order valence-electron chi connectivity index (χ4n) is 3.54. The maximum absolute atomic E-state index is 13.5. The van der Waals surface area contributed by atoms with Crippen LogP contribution in [0.5, 0.6) is 0 Å². The Hall–Kier alpha value is -4.25. The number of hydrogen-bond donors (Lipinski definition) is 2. The maximum atomic E-state index is 13.5. The number of carbonyl (C=O) groups excluding carboxylic acids is 1. The number of nitrogen functional groups attached to an aromatic ring is 1. The number of carbonyl (C=O) groups is 1. The Labute approximate surface area is 194 Å². The highest BCUT2D eigenvalue weighted by Crippen LogP contribution is 2.24. The minimum atomic E-state index is -0.834. The van der Waals surface area contributed by atoms with Crippen LogP contribution in [0.1, 0.15) is 27.9 Å². The third-order valence-corrected chi connectivity index (χ3v) is 5.30. The van der Waals surface area contributed by atoms with Crippen molar-refractivity contribution in [3.05, 3.63) is 96.2 Å². The van der Waals surface area contributed by atoms with Crippen LogP contribution in [0.15, 0.2) is 58.1 Å². The Morgan fingerprint density at radius 2 is 1.91 bits per heavy atom. The summed E-state index contributed by atoms with van der Waals surface area (Å²) in [7, 11) is 1.50. The Kier molecular flexibility index (Phi) is 7.59. The van der Waals surface area contributed by atoms with Crippen molar-refractivity contribution in [3.8, 4) is 0 Å². The second-order valence-electron chi connectivity index (χ2n) is 7.63. The van der Waals surface area contributed by atoms with E-state index in [0.717, 1.165) is 16.5 Å². The molecule has 0 unspecified atom stereocenters. The van der Waals surface area contributed by atoms with E-state index in [-0.39, 0.29) is 35.8 Å². The molecule has 0 bridgehead atoms. The van der Waals surface area contributed by atoms with Crippen LogP contribution in [-0.2, 0) is 11.3 Å². The van der Waals surface area contributed by atoms with Crippen molar-refractivity contribution in [1.82, 2.24) is 9.55 Å². The number of nitrogens with zero attached hydrogens (tertiary/aromatic N) is 3. The van der Waals surface area contributed by atoms with Crippen LogP contribution in [0.2, 0.25) is 0 Å². The highest BCUT2D eigenvalue weighted by atomic mass is 16.6.